The fourth-order valence-electron chi connectivity index (χ4n) is 4.09. The molecule has 1 N–H and O–H groups in total. The first kappa shape index (κ1) is 17.3. The van der Waals surface area contributed by atoms with Crippen LogP contribution < -0.4 is 5.32 Å². The van der Waals surface area contributed by atoms with E-state index in [0.29, 0.717) is 0 Å². The van der Waals surface area contributed by atoms with Crippen LogP contribution in [0.25, 0.3) is 10.9 Å². The summed E-state index contributed by atoms with van der Waals surface area (Å²) in [4.78, 5) is 2.59. The van der Waals surface area contributed by atoms with Crippen LogP contribution in [0.4, 0.5) is 0 Å². The Labute approximate surface area is 156 Å². The Balaban J connectivity index is 1.50. The van der Waals surface area contributed by atoms with Crippen LogP contribution in [0, 0.1) is 6.92 Å². The van der Waals surface area contributed by atoms with Crippen molar-refractivity contribution in [1.29, 1.82) is 0 Å². The van der Waals surface area contributed by atoms with Gasteiger partial charge in [0.05, 0.1) is 0 Å². The monoisotopic (exact) mass is 347 g/mol. The highest BCUT2D eigenvalue weighted by molar-refractivity contribution is 5.84. The van der Waals surface area contributed by atoms with Crippen molar-refractivity contribution in [3.63, 3.8) is 0 Å². The summed E-state index contributed by atoms with van der Waals surface area (Å²) in [6, 6.07) is 17.7. The van der Waals surface area contributed by atoms with Gasteiger partial charge in [0.25, 0.3) is 0 Å². The van der Waals surface area contributed by atoms with Gasteiger partial charge in [0.2, 0.25) is 0 Å². The topological polar surface area (TPSA) is 20.2 Å². The first-order chi connectivity index (χ1) is 12.8. The van der Waals surface area contributed by atoms with Crippen LogP contribution in [0.5, 0.6) is 0 Å². The molecule has 0 saturated carbocycles. The molecule has 0 spiro atoms. The van der Waals surface area contributed by atoms with E-state index >= 15 is 0 Å². The average Bonchev–Trinajstić information content (AvgIpc) is 3.01. The number of hydrogen-bond acceptors (Lipinski definition) is 2. The SMILES string of the molecule is Cc1cccc(Cn2cc(CCCN3CCNCC3)c3ccccc32)c1. The summed E-state index contributed by atoms with van der Waals surface area (Å²) < 4.78 is 2.42. The molecule has 1 aliphatic heterocycles. The Morgan fingerprint density at radius 1 is 1.00 bits per heavy atom. The molecular weight excluding hydrogens is 318 g/mol. The number of para-hydroxylation sites is 1. The third-order valence-corrected chi connectivity index (χ3v) is 5.44. The van der Waals surface area contributed by atoms with E-state index in [1.165, 1.54) is 53.6 Å². The molecule has 26 heavy (non-hydrogen) atoms. The largest absolute Gasteiger partial charge is 0.343 e. The Morgan fingerprint density at radius 3 is 2.69 bits per heavy atom. The van der Waals surface area contributed by atoms with E-state index < -0.39 is 0 Å². The summed E-state index contributed by atoms with van der Waals surface area (Å²) >= 11 is 0. The van der Waals surface area contributed by atoms with Crippen molar-refractivity contribution in [3.8, 4) is 0 Å². The molecule has 0 unspecified atom stereocenters. The molecular formula is C23H29N3. The molecule has 0 atom stereocenters. The van der Waals surface area contributed by atoms with Gasteiger partial charge in [0.1, 0.15) is 0 Å². The number of fused-ring (bicyclic) bond motifs is 1. The highest BCUT2D eigenvalue weighted by atomic mass is 15.2. The Hall–Kier alpha value is -2.10. The molecule has 3 aromatic rings. The smallest absolute Gasteiger partial charge is 0.0486 e. The van der Waals surface area contributed by atoms with Crippen molar-refractivity contribution in [3.05, 3.63) is 71.4 Å². The van der Waals surface area contributed by atoms with Gasteiger partial charge < -0.3 is 14.8 Å². The van der Waals surface area contributed by atoms with Gasteiger partial charge in [0.15, 0.2) is 0 Å². The summed E-state index contributed by atoms with van der Waals surface area (Å²) in [7, 11) is 0. The molecule has 1 fully saturated rings. The van der Waals surface area contributed by atoms with E-state index in [1.807, 2.05) is 0 Å². The van der Waals surface area contributed by atoms with E-state index in [2.05, 4.69) is 76.4 Å². The highest BCUT2D eigenvalue weighted by Gasteiger charge is 2.11. The minimum Gasteiger partial charge on any atom is -0.343 e. The molecule has 2 heterocycles. The molecule has 0 bridgehead atoms. The fraction of sp³-hybridized carbons (Fsp3) is 0.391. The Bertz CT molecular complexity index is 859. The summed E-state index contributed by atoms with van der Waals surface area (Å²) in [5.41, 5.74) is 5.54. The zero-order valence-corrected chi connectivity index (χ0v) is 15.7. The van der Waals surface area contributed by atoms with Crippen molar-refractivity contribution in [1.82, 2.24) is 14.8 Å². The van der Waals surface area contributed by atoms with Gasteiger partial charge in [-0.15, -0.1) is 0 Å². The lowest BCUT2D eigenvalue weighted by Crippen LogP contribution is -2.43. The predicted molar refractivity (Wildman–Crippen MR) is 110 cm³/mol. The van der Waals surface area contributed by atoms with Gasteiger partial charge in [-0.1, -0.05) is 48.0 Å². The second-order valence-electron chi connectivity index (χ2n) is 7.48. The third kappa shape index (κ3) is 4.00. The molecule has 2 aromatic carbocycles. The maximum Gasteiger partial charge on any atom is 0.0486 e. The van der Waals surface area contributed by atoms with Crippen LogP contribution in [-0.2, 0) is 13.0 Å². The first-order valence-electron chi connectivity index (χ1n) is 9.85. The number of hydrogen-bond donors (Lipinski definition) is 1. The molecule has 0 radical (unpaired) electrons. The van der Waals surface area contributed by atoms with Crippen molar-refractivity contribution in [2.75, 3.05) is 32.7 Å². The Kier molecular flexibility index (Phi) is 5.37. The van der Waals surface area contributed by atoms with E-state index in [-0.39, 0.29) is 0 Å². The maximum atomic E-state index is 3.43. The predicted octanol–water partition coefficient (Wildman–Crippen LogP) is 3.84. The minimum atomic E-state index is 0.944. The first-order valence-corrected chi connectivity index (χ1v) is 9.85. The van der Waals surface area contributed by atoms with E-state index in [4.69, 9.17) is 0 Å². The second kappa shape index (κ2) is 8.07. The number of aryl methyl sites for hydroxylation is 2. The van der Waals surface area contributed by atoms with Crippen molar-refractivity contribution in [2.45, 2.75) is 26.3 Å². The number of rotatable bonds is 6. The summed E-state index contributed by atoms with van der Waals surface area (Å²) in [6.07, 6.45) is 4.77. The number of nitrogens with one attached hydrogen (secondary N) is 1. The van der Waals surface area contributed by atoms with Gasteiger partial charge >= 0.3 is 0 Å². The molecule has 1 aromatic heterocycles. The lowest BCUT2D eigenvalue weighted by Gasteiger charge is -2.26. The lowest BCUT2D eigenvalue weighted by atomic mass is 10.1. The lowest BCUT2D eigenvalue weighted by molar-refractivity contribution is 0.238. The van der Waals surface area contributed by atoms with Crippen LogP contribution in [0.1, 0.15) is 23.1 Å². The molecule has 0 amide bonds. The van der Waals surface area contributed by atoms with E-state index in [9.17, 15) is 0 Å². The molecule has 3 heteroatoms. The summed E-state index contributed by atoms with van der Waals surface area (Å²) in [6.45, 7) is 8.97. The van der Waals surface area contributed by atoms with Gasteiger partial charge in [-0.2, -0.15) is 0 Å². The Morgan fingerprint density at radius 2 is 1.85 bits per heavy atom. The minimum absolute atomic E-state index is 0.944. The number of piperazine rings is 1. The van der Waals surface area contributed by atoms with Gasteiger partial charge in [0, 0.05) is 49.8 Å². The van der Waals surface area contributed by atoms with Crippen LogP contribution in [0.2, 0.25) is 0 Å². The fourth-order valence-corrected chi connectivity index (χ4v) is 4.09. The standard InChI is InChI=1S/C23H29N3/c1-19-6-4-7-20(16-19)17-26-18-21(22-9-2-3-10-23(22)26)8-5-13-25-14-11-24-12-15-25/h2-4,6-7,9-10,16,18,24H,5,8,11-15,17H2,1H3. The molecule has 136 valence electrons. The van der Waals surface area contributed by atoms with E-state index in [1.54, 1.807) is 0 Å². The van der Waals surface area contributed by atoms with Crippen LogP contribution in [0.3, 0.4) is 0 Å². The molecule has 1 aliphatic rings. The van der Waals surface area contributed by atoms with Crippen LogP contribution in [-0.4, -0.2) is 42.2 Å². The number of benzene rings is 2. The molecule has 3 nitrogen and oxygen atoms in total. The second-order valence-corrected chi connectivity index (χ2v) is 7.48. The normalized spacial score (nSPS) is 15.6. The zero-order chi connectivity index (χ0) is 17.8. The van der Waals surface area contributed by atoms with Crippen molar-refractivity contribution in [2.24, 2.45) is 0 Å². The van der Waals surface area contributed by atoms with Crippen LogP contribution in [0.15, 0.2) is 54.7 Å². The highest BCUT2D eigenvalue weighted by Crippen LogP contribution is 2.24. The number of nitrogens with zero attached hydrogens (tertiary/aromatic N) is 2. The maximum absolute atomic E-state index is 3.43. The van der Waals surface area contributed by atoms with Crippen LogP contribution >= 0.6 is 0 Å². The third-order valence-electron chi connectivity index (χ3n) is 5.44. The quantitative estimate of drug-likeness (QED) is 0.731. The van der Waals surface area contributed by atoms with Gasteiger partial charge in [-0.25, -0.2) is 0 Å². The van der Waals surface area contributed by atoms with Crippen molar-refractivity contribution >= 4 is 10.9 Å². The van der Waals surface area contributed by atoms with E-state index in [0.717, 1.165) is 26.1 Å². The van der Waals surface area contributed by atoms with Gasteiger partial charge in [-0.3, -0.25) is 0 Å². The van der Waals surface area contributed by atoms with Crippen molar-refractivity contribution < 1.29 is 0 Å². The van der Waals surface area contributed by atoms with Gasteiger partial charge in [-0.05, 0) is 43.5 Å². The molecule has 4 rings (SSSR count). The number of aromatic nitrogens is 1. The molecule has 1 saturated heterocycles. The summed E-state index contributed by atoms with van der Waals surface area (Å²) in [5, 5.41) is 4.85. The molecule has 0 aliphatic carbocycles. The average molecular weight is 348 g/mol. The zero-order valence-electron chi connectivity index (χ0n) is 15.7. The summed E-state index contributed by atoms with van der Waals surface area (Å²) in [5.74, 6) is 0.